The van der Waals surface area contributed by atoms with Gasteiger partial charge in [-0.15, -0.1) is 0 Å². The van der Waals surface area contributed by atoms with Crippen LogP contribution in [-0.2, 0) is 0 Å². The maximum absolute atomic E-state index is 10.9. The molecular weight excluding hydrogens is 180 g/mol. The van der Waals surface area contributed by atoms with Crippen LogP contribution >= 0.6 is 0 Å². The third-order valence-corrected chi connectivity index (χ3v) is 2.09. The van der Waals surface area contributed by atoms with Gasteiger partial charge in [-0.2, -0.15) is 0 Å². The highest BCUT2D eigenvalue weighted by Crippen LogP contribution is 2.21. The van der Waals surface area contributed by atoms with Crippen molar-refractivity contribution in [2.45, 2.75) is 19.8 Å². The van der Waals surface area contributed by atoms with Gasteiger partial charge < -0.3 is 5.11 Å². The summed E-state index contributed by atoms with van der Waals surface area (Å²) in [4.78, 5) is 21.6. The van der Waals surface area contributed by atoms with Crippen molar-refractivity contribution in [1.29, 1.82) is 0 Å². The van der Waals surface area contributed by atoms with Crippen LogP contribution in [0.5, 0.6) is 0 Å². The number of aldehydes is 1. The minimum Gasteiger partial charge on any atom is -0.478 e. The van der Waals surface area contributed by atoms with Gasteiger partial charge in [0.2, 0.25) is 0 Å². The number of aromatic carboxylic acids is 1. The van der Waals surface area contributed by atoms with E-state index in [-0.39, 0.29) is 17.0 Å². The Labute approximate surface area is 82.4 Å². The predicted octanol–water partition coefficient (Wildman–Crippen LogP) is 2.32. The molecule has 1 rings (SSSR count). The van der Waals surface area contributed by atoms with Gasteiger partial charge in [0.15, 0.2) is 6.29 Å². The van der Waals surface area contributed by atoms with E-state index in [4.69, 9.17) is 5.11 Å². The predicted molar refractivity (Wildman–Crippen MR) is 52.9 cm³/mol. The third-order valence-electron chi connectivity index (χ3n) is 2.09. The molecule has 0 aliphatic heterocycles. The van der Waals surface area contributed by atoms with Crippen molar-refractivity contribution in [2.24, 2.45) is 0 Å². The molecule has 1 N–H and O–H groups in total. The lowest BCUT2D eigenvalue weighted by atomic mass is 9.94. The first-order valence-corrected chi connectivity index (χ1v) is 4.39. The van der Waals surface area contributed by atoms with Crippen LogP contribution in [0.3, 0.4) is 0 Å². The zero-order valence-corrected chi connectivity index (χ0v) is 8.15. The van der Waals surface area contributed by atoms with Crippen LogP contribution in [0.15, 0.2) is 18.2 Å². The van der Waals surface area contributed by atoms with E-state index in [9.17, 15) is 9.59 Å². The monoisotopic (exact) mass is 192 g/mol. The fourth-order valence-corrected chi connectivity index (χ4v) is 1.42. The van der Waals surface area contributed by atoms with E-state index in [1.54, 1.807) is 12.1 Å². The molecule has 3 heteroatoms. The van der Waals surface area contributed by atoms with Crippen LogP contribution in [-0.4, -0.2) is 17.4 Å². The molecule has 74 valence electrons. The minimum absolute atomic E-state index is 0.0981. The van der Waals surface area contributed by atoms with Gasteiger partial charge in [-0.1, -0.05) is 32.0 Å². The van der Waals surface area contributed by atoms with E-state index >= 15 is 0 Å². The molecule has 0 spiro atoms. The normalized spacial score (nSPS) is 10.2. The van der Waals surface area contributed by atoms with Gasteiger partial charge in [-0.3, -0.25) is 4.79 Å². The molecule has 0 bridgehead atoms. The lowest BCUT2D eigenvalue weighted by molar-refractivity contribution is 0.0692. The van der Waals surface area contributed by atoms with Crippen molar-refractivity contribution in [2.75, 3.05) is 0 Å². The molecule has 0 saturated carbocycles. The van der Waals surface area contributed by atoms with Gasteiger partial charge in [0.25, 0.3) is 0 Å². The topological polar surface area (TPSA) is 54.4 Å². The fraction of sp³-hybridized carbons (Fsp3) is 0.273. The maximum Gasteiger partial charge on any atom is 0.336 e. The molecule has 0 atom stereocenters. The second kappa shape index (κ2) is 4.05. The summed E-state index contributed by atoms with van der Waals surface area (Å²) in [6.45, 7) is 3.80. The number of rotatable bonds is 3. The van der Waals surface area contributed by atoms with E-state index in [1.807, 2.05) is 13.8 Å². The van der Waals surface area contributed by atoms with Gasteiger partial charge in [0, 0.05) is 5.56 Å². The summed E-state index contributed by atoms with van der Waals surface area (Å²) in [5.41, 5.74) is 1.06. The molecule has 0 radical (unpaired) electrons. The standard InChI is InChI=1S/C11H12O3/c1-7(2)9-5-3-4-8(6-12)10(9)11(13)14/h3-7H,1-2H3,(H,13,14). The summed E-state index contributed by atoms with van der Waals surface area (Å²) in [6.07, 6.45) is 0.579. The summed E-state index contributed by atoms with van der Waals surface area (Å²) in [5.74, 6) is -0.947. The van der Waals surface area contributed by atoms with E-state index < -0.39 is 5.97 Å². The number of hydrogen-bond acceptors (Lipinski definition) is 2. The van der Waals surface area contributed by atoms with Crippen molar-refractivity contribution in [3.63, 3.8) is 0 Å². The molecule has 0 unspecified atom stereocenters. The SMILES string of the molecule is CC(C)c1cccc(C=O)c1C(=O)O. The highest BCUT2D eigenvalue weighted by atomic mass is 16.4. The zero-order valence-electron chi connectivity index (χ0n) is 8.15. The van der Waals surface area contributed by atoms with Crippen LogP contribution in [0.25, 0.3) is 0 Å². The molecule has 0 saturated heterocycles. The minimum atomic E-state index is -1.04. The molecule has 0 amide bonds. The third kappa shape index (κ3) is 1.82. The maximum atomic E-state index is 10.9. The molecule has 3 nitrogen and oxygen atoms in total. The van der Waals surface area contributed by atoms with Crippen molar-refractivity contribution < 1.29 is 14.7 Å². The highest BCUT2D eigenvalue weighted by Gasteiger charge is 2.16. The van der Waals surface area contributed by atoms with E-state index in [1.165, 1.54) is 6.07 Å². The molecule has 0 aliphatic carbocycles. The largest absolute Gasteiger partial charge is 0.478 e. The Balaban J connectivity index is 3.43. The average Bonchev–Trinajstić information content (AvgIpc) is 2.16. The number of benzene rings is 1. The van der Waals surface area contributed by atoms with Gasteiger partial charge in [-0.25, -0.2) is 4.79 Å². The van der Waals surface area contributed by atoms with Crippen molar-refractivity contribution in [3.8, 4) is 0 Å². The first-order valence-electron chi connectivity index (χ1n) is 4.39. The molecule has 0 aromatic heterocycles. The number of carbonyl (C=O) groups is 2. The number of carbonyl (C=O) groups excluding carboxylic acids is 1. The second-order valence-corrected chi connectivity index (χ2v) is 3.39. The Morgan fingerprint density at radius 2 is 2.07 bits per heavy atom. The molecule has 0 aliphatic rings. The summed E-state index contributed by atoms with van der Waals surface area (Å²) >= 11 is 0. The zero-order chi connectivity index (χ0) is 10.7. The average molecular weight is 192 g/mol. The van der Waals surface area contributed by atoms with E-state index in [0.29, 0.717) is 11.8 Å². The van der Waals surface area contributed by atoms with Crippen LogP contribution in [0.2, 0.25) is 0 Å². The van der Waals surface area contributed by atoms with Gasteiger partial charge in [-0.05, 0) is 11.5 Å². The Bertz CT molecular complexity index is 367. The molecule has 1 aromatic carbocycles. The number of carboxylic acid groups (broad SMARTS) is 1. The van der Waals surface area contributed by atoms with Gasteiger partial charge in [0.05, 0.1) is 5.56 Å². The molecule has 1 aromatic rings. The van der Waals surface area contributed by atoms with Gasteiger partial charge >= 0.3 is 5.97 Å². The molecule has 0 heterocycles. The summed E-state index contributed by atoms with van der Waals surface area (Å²) in [6, 6.07) is 4.95. The van der Waals surface area contributed by atoms with Crippen molar-refractivity contribution in [1.82, 2.24) is 0 Å². The quantitative estimate of drug-likeness (QED) is 0.747. The molecular formula is C11H12O3. The van der Waals surface area contributed by atoms with Crippen molar-refractivity contribution in [3.05, 3.63) is 34.9 Å². The Hall–Kier alpha value is -1.64. The fourth-order valence-electron chi connectivity index (χ4n) is 1.42. The number of carboxylic acids is 1. The van der Waals surface area contributed by atoms with Crippen LogP contribution in [0.4, 0.5) is 0 Å². The van der Waals surface area contributed by atoms with Crippen LogP contribution < -0.4 is 0 Å². The first-order chi connectivity index (χ1) is 6.57. The highest BCUT2D eigenvalue weighted by molar-refractivity contribution is 5.98. The Kier molecular flexibility index (Phi) is 3.02. The smallest absolute Gasteiger partial charge is 0.336 e. The van der Waals surface area contributed by atoms with Crippen molar-refractivity contribution >= 4 is 12.3 Å². The first kappa shape index (κ1) is 10.4. The van der Waals surface area contributed by atoms with E-state index in [0.717, 1.165) is 0 Å². The van der Waals surface area contributed by atoms with Crippen LogP contribution in [0, 0.1) is 0 Å². The van der Waals surface area contributed by atoms with Crippen LogP contribution in [0.1, 0.15) is 46.0 Å². The lowest BCUT2D eigenvalue weighted by Crippen LogP contribution is -2.07. The Morgan fingerprint density at radius 3 is 2.50 bits per heavy atom. The Morgan fingerprint density at radius 1 is 1.43 bits per heavy atom. The second-order valence-electron chi connectivity index (χ2n) is 3.39. The van der Waals surface area contributed by atoms with E-state index in [2.05, 4.69) is 0 Å². The molecule has 14 heavy (non-hydrogen) atoms. The lowest BCUT2D eigenvalue weighted by Gasteiger charge is -2.10. The van der Waals surface area contributed by atoms with Gasteiger partial charge in [0.1, 0.15) is 0 Å². The number of hydrogen-bond donors (Lipinski definition) is 1. The molecule has 0 fully saturated rings. The summed E-state index contributed by atoms with van der Waals surface area (Å²) in [7, 11) is 0. The summed E-state index contributed by atoms with van der Waals surface area (Å²) < 4.78 is 0. The summed E-state index contributed by atoms with van der Waals surface area (Å²) in [5, 5.41) is 8.97.